The van der Waals surface area contributed by atoms with Gasteiger partial charge in [-0.1, -0.05) is 0 Å². The second-order valence-electron chi connectivity index (χ2n) is 4.77. The monoisotopic (exact) mass is 218 g/mol. The number of aromatic nitrogens is 2. The first-order valence-corrected chi connectivity index (χ1v) is 6.19. The molecule has 86 valence electrons. The van der Waals surface area contributed by atoms with Crippen LogP contribution in [0.15, 0.2) is 18.5 Å². The predicted octanol–water partition coefficient (Wildman–Crippen LogP) is 1.52. The maximum Gasteiger partial charge on any atom is 0.222 e. The van der Waals surface area contributed by atoms with Gasteiger partial charge in [-0.3, -0.25) is 0 Å². The van der Waals surface area contributed by atoms with Crippen LogP contribution in [-0.4, -0.2) is 40.0 Å². The van der Waals surface area contributed by atoms with Crippen LogP contribution in [0.4, 0.5) is 5.95 Å². The van der Waals surface area contributed by atoms with Gasteiger partial charge in [-0.15, -0.1) is 0 Å². The number of nitrogens with one attached hydrogen (secondary N) is 1. The van der Waals surface area contributed by atoms with Crippen LogP contribution in [0.25, 0.3) is 0 Å². The van der Waals surface area contributed by atoms with Gasteiger partial charge < -0.3 is 10.2 Å². The van der Waals surface area contributed by atoms with Crippen LogP contribution in [0.1, 0.15) is 25.7 Å². The summed E-state index contributed by atoms with van der Waals surface area (Å²) in [5.41, 5.74) is 0. The van der Waals surface area contributed by atoms with Gasteiger partial charge >= 0.3 is 0 Å². The molecule has 4 nitrogen and oxygen atoms in total. The minimum Gasteiger partial charge on any atom is -0.351 e. The predicted molar refractivity (Wildman–Crippen MR) is 63.3 cm³/mol. The largest absolute Gasteiger partial charge is 0.351 e. The fraction of sp³-hybridized carbons (Fsp3) is 0.667. The Labute approximate surface area is 96.1 Å². The Kier molecular flexibility index (Phi) is 2.74. The van der Waals surface area contributed by atoms with Crippen molar-refractivity contribution in [3.63, 3.8) is 0 Å². The van der Waals surface area contributed by atoms with E-state index in [-0.39, 0.29) is 0 Å². The van der Waals surface area contributed by atoms with Crippen LogP contribution in [0.3, 0.4) is 0 Å². The van der Waals surface area contributed by atoms with Gasteiger partial charge in [0.1, 0.15) is 0 Å². The van der Waals surface area contributed by atoms with Gasteiger partial charge in [0, 0.05) is 31.0 Å². The summed E-state index contributed by atoms with van der Waals surface area (Å²) in [6.45, 7) is 2.54. The molecule has 0 aromatic carbocycles. The maximum atomic E-state index is 4.22. The van der Waals surface area contributed by atoms with Gasteiger partial charge in [0.25, 0.3) is 0 Å². The number of anilines is 1. The molecule has 0 amide bonds. The van der Waals surface area contributed by atoms with Gasteiger partial charge in [-0.25, -0.2) is 9.97 Å². The van der Waals surface area contributed by atoms with Crippen molar-refractivity contribution in [1.82, 2.24) is 14.9 Å². The van der Waals surface area contributed by atoms with Crippen LogP contribution in [0.2, 0.25) is 0 Å². The van der Waals surface area contributed by atoms with E-state index < -0.39 is 0 Å². The molecule has 3 heterocycles. The number of fused-ring (bicyclic) bond motifs is 1. The Morgan fingerprint density at radius 2 is 2.06 bits per heavy atom. The molecule has 2 aliphatic rings. The minimum atomic E-state index is 0.557. The van der Waals surface area contributed by atoms with Crippen molar-refractivity contribution in [3.05, 3.63) is 18.5 Å². The first kappa shape index (κ1) is 10.0. The molecule has 0 spiro atoms. The fourth-order valence-corrected chi connectivity index (χ4v) is 2.91. The molecule has 2 unspecified atom stereocenters. The second-order valence-corrected chi connectivity index (χ2v) is 4.77. The van der Waals surface area contributed by atoms with Crippen molar-refractivity contribution in [2.45, 2.75) is 37.8 Å². The van der Waals surface area contributed by atoms with Crippen molar-refractivity contribution in [2.24, 2.45) is 0 Å². The molecule has 16 heavy (non-hydrogen) atoms. The molecule has 0 bridgehead atoms. The molecule has 2 atom stereocenters. The number of nitrogens with zero attached hydrogens (tertiary/aromatic N) is 3. The number of hydrogen-bond acceptors (Lipinski definition) is 4. The summed E-state index contributed by atoms with van der Waals surface area (Å²) in [5, 5.41) is 3.44. The lowest BCUT2D eigenvalue weighted by Crippen LogP contribution is -2.42. The summed E-state index contributed by atoms with van der Waals surface area (Å²) in [6.07, 6.45) is 8.79. The molecule has 0 saturated carbocycles. The summed E-state index contributed by atoms with van der Waals surface area (Å²) >= 11 is 0. The van der Waals surface area contributed by atoms with E-state index in [0.29, 0.717) is 6.04 Å². The van der Waals surface area contributed by atoms with E-state index in [4.69, 9.17) is 0 Å². The molecule has 2 saturated heterocycles. The van der Waals surface area contributed by atoms with Crippen LogP contribution in [-0.2, 0) is 0 Å². The lowest BCUT2D eigenvalue weighted by molar-refractivity contribution is 0.188. The average Bonchev–Trinajstić information content (AvgIpc) is 2.77. The van der Waals surface area contributed by atoms with E-state index >= 15 is 0 Å². The second kappa shape index (κ2) is 4.37. The highest BCUT2D eigenvalue weighted by Crippen LogP contribution is 2.27. The normalized spacial score (nSPS) is 30.0. The van der Waals surface area contributed by atoms with Gasteiger partial charge in [0.05, 0.1) is 0 Å². The smallest absolute Gasteiger partial charge is 0.222 e. The molecule has 0 aliphatic carbocycles. The van der Waals surface area contributed by atoms with Crippen LogP contribution in [0.5, 0.6) is 0 Å². The SMILES string of the molecule is c1cnc(NC2CCN3CCCC3C2)nc1. The summed E-state index contributed by atoms with van der Waals surface area (Å²) < 4.78 is 0. The first-order valence-electron chi connectivity index (χ1n) is 6.19. The summed E-state index contributed by atoms with van der Waals surface area (Å²) in [7, 11) is 0. The molecule has 2 aliphatic heterocycles. The third-order valence-electron chi connectivity index (χ3n) is 3.72. The van der Waals surface area contributed by atoms with Crippen molar-refractivity contribution < 1.29 is 0 Å². The highest BCUT2D eigenvalue weighted by molar-refractivity contribution is 5.24. The number of piperidine rings is 1. The molecular weight excluding hydrogens is 200 g/mol. The topological polar surface area (TPSA) is 41.1 Å². The zero-order valence-electron chi connectivity index (χ0n) is 9.47. The Morgan fingerprint density at radius 1 is 1.19 bits per heavy atom. The zero-order chi connectivity index (χ0) is 10.8. The van der Waals surface area contributed by atoms with Crippen LogP contribution in [0, 0.1) is 0 Å². The van der Waals surface area contributed by atoms with E-state index in [1.165, 1.54) is 38.8 Å². The standard InChI is InChI=1S/C12H18N4/c1-3-11-9-10(4-8-16(11)7-1)15-12-13-5-2-6-14-12/h2,5-6,10-11H,1,3-4,7-9H2,(H,13,14,15). The third-order valence-corrected chi connectivity index (χ3v) is 3.72. The fourth-order valence-electron chi connectivity index (χ4n) is 2.91. The molecule has 1 aromatic heterocycles. The van der Waals surface area contributed by atoms with E-state index in [0.717, 1.165) is 12.0 Å². The van der Waals surface area contributed by atoms with Gasteiger partial charge in [-0.2, -0.15) is 0 Å². The molecule has 0 radical (unpaired) electrons. The Balaban J connectivity index is 1.60. The van der Waals surface area contributed by atoms with Crippen LogP contribution < -0.4 is 5.32 Å². The van der Waals surface area contributed by atoms with Crippen molar-refractivity contribution >= 4 is 5.95 Å². The lowest BCUT2D eigenvalue weighted by Gasteiger charge is -2.35. The van der Waals surface area contributed by atoms with E-state index in [1.54, 1.807) is 12.4 Å². The van der Waals surface area contributed by atoms with Crippen molar-refractivity contribution in [2.75, 3.05) is 18.4 Å². The van der Waals surface area contributed by atoms with Crippen molar-refractivity contribution in [1.29, 1.82) is 0 Å². The maximum absolute atomic E-state index is 4.22. The summed E-state index contributed by atoms with van der Waals surface area (Å²) in [4.78, 5) is 11.1. The minimum absolute atomic E-state index is 0.557. The summed E-state index contributed by atoms with van der Waals surface area (Å²) in [6, 6.07) is 3.21. The van der Waals surface area contributed by atoms with Gasteiger partial charge in [0.2, 0.25) is 5.95 Å². The molecular formula is C12H18N4. The average molecular weight is 218 g/mol. The van der Waals surface area contributed by atoms with E-state index in [9.17, 15) is 0 Å². The van der Waals surface area contributed by atoms with Crippen LogP contribution >= 0.6 is 0 Å². The first-order chi connectivity index (χ1) is 7.92. The van der Waals surface area contributed by atoms with Gasteiger partial charge in [-0.05, 0) is 38.3 Å². The quantitative estimate of drug-likeness (QED) is 0.817. The zero-order valence-corrected chi connectivity index (χ0v) is 9.47. The third kappa shape index (κ3) is 2.02. The molecule has 4 heteroatoms. The number of hydrogen-bond donors (Lipinski definition) is 1. The molecule has 3 rings (SSSR count). The Morgan fingerprint density at radius 3 is 2.94 bits per heavy atom. The molecule has 1 aromatic rings. The summed E-state index contributed by atoms with van der Waals surface area (Å²) in [5.74, 6) is 0.777. The number of rotatable bonds is 2. The molecule has 2 fully saturated rings. The highest BCUT2D eigenvalue weighted by atomic mass is 15.2. The highest BCUT2D eigenvalue weighted by Gasteiger charge is 2.31. The Hall–Kier alpha value is -1.16. The van der Waals surface area contributed by atoms with E-state index in [1.807, 2.05) is 6.07 Å². The van der Waals surface area contributed by atoms with Gasteiger partial charge in [0.15, 0.2) is 0 Å². The van der Waals surface area contributed by atoms with E-state index in [2.05, 4.69) is 20.2 Å². The van der Waals surface area contributed by atoms with Crippen molar-refractivity contribution in [3.8, 4) is 0 Å². The molecule has 1 N–H and O–H groups in total. The lowest BCUT2D eigenvalue weighted by atomic mass is 9.98. The Bertz CT molecular complexity index is 340.